The lowest BCUT2D eigenvalue weighted by atomic mass is 10.0. The van der Waals surface area contributed by atoms with Crippen LogP contribution in [0.5, 0.6) is 11.5 Å². The Labute approximate surface area is 153 Å². The third kappa shape index (κ3) is 3.98. The maximum Gasteiger partial charge on any atom is 0.169 e. The standard InChI is InChI=1S/C22H20N2O2/c1-25-20-15-9-14-19(22(20)26-2)16-23-24-21(17-10-5-3-6-11-17)18-12-7-4-8-13-18/h3-16H,1-2H3/b23-16-. The van der Waals surface area contributed by atoms with Gasteiger partial charge in [-0.15, -0.1) is 5.10 Å². The Hall–Kier alpha value is -3.40. The summed E-state index contributed by atoms with van der Waals surface area (Å²) in [5.74, 6) is 1.29. The van der Waals surface area contributed by atoms with Crippen molar-refractivity contribution < 1.29 is 9.47 Å². The van der Waals surface area contributed by atoms with Crippen molar-refractivity contribution in [3.05, 3.63) is 95.6 Å². The topological polar surface area (TPSA) is 43.2 Å². The maximum atomic E-state index is 5.43. The minimum atomic E-state index is 0.634. The number of nitrogens with zero attached hydrogens (tertiary/aromatic N) is 2. The van der Waals surface area contributed by atoms with Crippen LogP contribution in [0.15, 0.2) is 89.1 Å². The highest BCUT2D eigenvalue weighted by molar-refractivity contribution is 6.13. The minimum Gasteiger partial charge on any atom is -0.493 e. The zero-order valence-corrected chi connectivity index (χ0v) is 14.8. The second kappa shape index (κ2) is 8.62. The van der Waals surface area contributed by atoms with Gasteiger partial charge in [0.15, 0.2) is 11.5 Å². The summed E-state index contributed by atoms with van der Waals surface area (Å²) < 4.78 is 10.7. The van der Waals surface area contributed by atoms with E-state index in [4.69, 9.17) is 9.47 Å². The predicted molar refractivity (Wildman–Crippen MR) is 106 cm³/mol. The van der Waals surface area contributed by atoms with E-state index >= 15 is 0 Å². The first-order valence-corrected chi connectivity index (χ1v) is 8.26. The van der Waals surface area contributed by atoms with E-state index in [2.05, 4.69) is 10.2 Å². The fraction of sp³-hybridized carbons (Fsp3) is 0.0909. The number of methoxy groups -OCH3 is 2. The second-order valence-corrected chi connectivity index (χ2v) is 5.51. The first kappa shape index (κ1) is 17.4. The Balaban J connectivity index is 1.99. The van der Waals surface area contributed by atoms with Crippen molar-refractivity contribution in [3.63, 3.8) is 0 Å². The van der Waals surface area contributed by atoms with E-state index in [1.165, 1.54) is 0 Å². The van der Waals surface area contributed by atoms with Crippen molar-refractivity contribution in [1.82, 2.24) is 0 Å². The smallest absolute Gasteiger partial charge is 0.169 e. The summed E-state index contributed by atoms with van der Waals surface area (Å²) >= 11 is 0. The van der Waals surface area contributed by atoms with Gasteiger partial charge in [-0.3, -0.25) is 0 Å². The van der Waals surface area contributed by atoms with Crippen LogP contribution in [0.25, 0.3) is 0 Å². The lowest BCUT2D eigenvalue weighted by Crippen LogP contribution is -2.02. The fourth-order valence-corrected chi connectivity index (χ4v) is 2.64. The molecule has 0 unspecified atom stereocenters. The number of hydrogen-bond acceptors (Lipinski definition) is 4. The number of benzene rings is 3. The number of hydrogen-bond donors (Lipinski definition) is 0. The van der Waals surface area contributed by atoms with Crippen LogP contribution < -0.4 is 9.47 Å². The SMILES string of the molecule is COc1cccc(/C=N\N=C(c2ccccc2)c2ccccc2)c1OC. The molecule has 0 aliphatic rings. The first-order chi connectivity index (χ1) is 12.8. The van der Waals surface area contributed by atoms with Crippen molar-refractivity contribution in [2.75, 3.05) is 14.2 Å². The molecule has 0 N–H and O–H groups in total. The third-order valence-corrected chi connectivity index (χ3v) is 3.88. The largest absolute Gasteiger partial charge is 0.493 e. The summed E-state index contributed by atoms with van der Waals surface area (Å²) in [4.78, 5) is 0. The van der Waals surface area contributed by atoms with Crippen molar-refractivity contribution in [3.8, 4) is 11.5 Å². The van der Waals surface area contributed by atoms with Crippen molar-refractivity contribution in [2.45, 2.75) is 0 Å². The molecule has 26 heavy (non-hydrogen) atoms. The molecular formula is C22H20N2O2. The second-order valence-electron chi connectivity index (χ2n) is 5.51. The van der Waals surface area contributed by atoms with Crippen LogP contribution in [0.3, 0.4) is 0 Å². The Morgan fingerprint density at radius 1 is 0.731 bits per heavy atom. The average Bonchev–Trinajstić information content (AvgIpc) is 2.72. The van der Waals surface area contributed by atoms with Gasteiger partial charge in [-0.05, 0) is 12.1 Å². The van der Waals surface area contributed by atoms with Crippen molar-refractivity contribution >= 4 is 11.9 Å². The molecule has 4 heteroatoms. The summed E-state index contributed by atoms with van der Waals surface area (Å²) in [7, 11) is 3.22. The molecule has 3 aromatic rings. The average molecular weight is 344 g/mol. The van der Waals surface area contributed by atoms with Crippen LogP contribution in [0.1, 0.15) is 16.7 Å². The molecule has 0 aromatic heterocycles. The minimum absolute atomic E-state index is 0.634. The molecule has 0 atom stereocenters. The van der Waals surface area contributed by atoms with Gasteiger partial charge < -0.3 is 9.47 Å². The maximum absolute atomic E-state index is 5.43. The zero-order valence-electron chi connectivity index (χ0n) is 14.8. The molecule has 0 saturated heterocycles. The summed E-state index contributed by atoms with van der Waals surface area (Å²) in [5, 5.41) is 8.79. The van der Waals surface area contributed by atoms with E-state index in [0.717, 1.165) is 22.4 Å². The van der Waals surface area contributed by atoms with Crippen molar-refractivity contribution in [2.24, 2.45) is 10.2 Å². The van der Waals surface area contributed by atoms with Crippen LogP contribution in [-0.4, -0.2) is 26.1 Å². The van der Waals surface area contributed by atoms with Gasteiger partial charge in [0, 0.05) is 16.7 Å². The third-order valence-electron chi connectivity index (χ3n) is 3.88. The monoisotopic (exact) mass is 344 g/mol. The number of ether oxygens (including phenoxy) is 2. The van der Waals surface area contributed by atoms with Crippen molar-refractivity contribution in [1.29, 1.82) is 0 Å². The lowest BCUT2D eigenvalue weighted by molar-refractivity contribution is 0.354. The summed E-state index contributed by atoms with van der Waals surface area (Å²) in [5.41, 5.74) is 3.63. The molecule has 0 aliphatic carbocycles. The molecule has 3 rings (SSSR count). The number of para-hydroxylation sites is 1. The van der Waals surface area contributed by atoms with E-state index in [0.29, 0.717) is 11.5 Å². The van der Waals surface area contributed by atoms with Crippen LogP contribution in [0, 0.1) is 0 Å². The molecule has 0 spiro atoms. The van der Waals surface area contributed by atoms with Crippen LogP contribution >= 0.6 is 0 Å². The van der Waals surface area contributed by atoms with Crippen LogP contribution in [0.2, 0.25) is 0 Å². The molecule has 3 aromatic carbocycles. The van der Waals surface area contributed by atoms with Gasteiger partial charge in [0.2, 0.25) is 0 Å². The van der Waals surface area contributed by atoms with Gasteiger partial charge in [-0.25, -0.2) is 0 Å². The Kier molecular flexibility index (Phi) is 5.78. The Bertz CT molecular complexity index is 862. The summed E-state index contributed by atoms with van der Waals surface area (Å²) in [6, 6.07) is 25.6. The van der Waals surface area contributed by atoms with Gasteiger partial charge >= 0.3 is 0 Å². The normalized spacial score (nSPS) is 10.5. The molecule has 4 nitrogen and oxygen atoms in total. The summed E-state index contributed by atoms with van der Waals surface area (Å²) in [6.45, 7) is 0. The van der Waals surface area contributed by atoms with Gasteiger partial charge in [-0.1, -0.05) is 66.7 Å². The molecule has 0 saturated carbocycles. The lowest BCUT2D eigenvalue weighted by Gasteiger charge is -2.09. The van der Waals surface area contributed by atoms with Crippen LogP contribution in [-0.2, 0) is 0 Å². The number of rotatable bonds is 6. The van der Waals surface area contributed by atoms with E-state index in [9.17, 15) is 0 Å². The quantitative estimate of drug-likeness (QED) is 0.485. The van der Waals surface area contributed by atoms with E-state index in [1.807, 2.05) is 78.9 Å². The van der Waals surface area contributed by atoms with Crippen LogP contribution in [0.4, 0.5) is 0 Å². The zero-order chi connectivity index (χ0) is 18.2. The van der Waals surface area contributed by atoms with Gasteiger partial charge in [0.05, 0.1) is 20.4 Å². The molecule has 0 amide bonds. The fourth-order valence-electron chi connectivity index (χ4n) is 2.64. The summed E-state index contributed by atoms with van der Waals surface area (Å²) in [6.07, 6.45) is 1.67. The van der Waals surface area contributed by atoms with Gasteiger partial charge in [-0.2, -0.15) is 5.10 Å². The molecule has 0 fully saturated rings. The van der Waals surface area contributed by atoms with Gasteiger partial charge in [0.1, 0.15) is 5.71 Å². The Morgan fingerprint density at radius 3 is 1.88 bits per heavy atom. The van der Waals surface area contributed by atoms with E-state index in [-0.39, 0.29) is 0 Å². The highest BCUT2D eigenvalue weighted by Gasteiger charge is 2.08. The first-order valence-electron chi connectivity index (χ1n) is 8.26. The highest BCUT2D eigenvalue weighted by Crippen LogP contribution is 2.29. The van der Waals surface area contributed by atoms with E-state index in [1.54, 1.807) is 20.4 Å². The molecular weight excluding hydrogens is 324 g/mol. The molecule has 0 aliphatic heterocycles. The highest BCUT2D eigenvalue weighted by atomic mass is 16.5. The molecule has 0 bridgehead atoms. The molecule has 0 heterocycles. The predicted octanol–water partition coefficient (Wildman–Crippen LogP) is 4.58. The van der Waals surface area contributed by atoms with Gasteiger partial charge in [0.25, 0.3) is 0 Å². The molecule has 0 radical (unpaired) electrons. The van der Waals surface area contributed by atoms with E-state index < -0.39 is 0 Å². The Morgan fingerprint density at radius 2 is 1.35 bits per heavy atom. The molecule has 130 valence electrons.